The molecule has 1 aliphatic rings. The third-order valence-electron chi connectivity index (χ3n) is 7.46. The molecule has 224 valence electrons. The Labute approximate surface area is 245 Å². The first-order valence-corrected chi connectivity index (χ1v) is 14.0. The Morgan fingerprint density at radius 2 is 1.79 bits per heavy atom. The van der Waals surface area contributed by atoms with Crippen LogP contribution >= 0.6 is 0 Å². The first-order chi connectivity index (χ1) is 20.3. The highest BCUT2D eigenvalue weighted by Crippen LogP contribution is 2.39. The number of aliphatic hydroxyl groups excluding tert-OH is 1. The molecule has 11 nitrogen and oxygen atoms in total. The smallest absolute Gasteiger partial charge is 0.254 e. The van der Waals surface area contributed by atoms with Crippen LogP contribution in [0.2, 0.25) is 0 Å². The minimum Gasteiger partial charge on any atom is -0.503 e. The molecule has 1 aliphatic carbocycles. The van der Waals surface area contributed by atoms with E-state index in [1.165, 1.54) is 9.42 Å². The predicted molar refractivity (Wildman–Crippen MR) is 162 cm³/mol. The predicted octanol–water partition coefficient (Wildman–Crippen LogP) is 3.82. The van der Waals surface area contributed by atoms with E-state index in [-0.39, 0.29) is 24.1 Å². The molecule has 1 aromatic carbocycles. The minimum absolute atomic E-state index is 0.0563. The number of carbonyl (C=O) groups is 2. The molecule has 3 heterocycles. The molecule has 5 N–H and O–H groups in total. The summed E-state index contributed by atoms with van der Waals surface area (Å²) >= 11 is 0. The topological polar surface area (TPSA) is 167 Å². The Morgan fingerprint density at radius 1 is 1.12 bits per heavy atom. The van der Waals surface area contributed by atoms with Crippen molar-refractivity contribution in [2.24, 2.45) is 0 Å². The number of nitrogens with zero attached hydrogens (tertiary/aromatic N) is 5. The Hall–Kier alpha value is -4.35. The van der Waals surface area contributed by atoms with Gasteiger partial charge in [0.1, 0.15) is 12.4 Å². The molecular formula is C31H40N6O5. The number of nitrogens with two attached hydrogens (primary N) is 1. The monoisotopic (exact) mass is 576 g/mol. The van der Waals surface area contributed by atoms with E-state index in [2.05, 4.69) is 10.1 Å². The van der Waals surface area contributed by atoms with Gasteiger partial charge in [-0.2, -0.15) is 9.61 Å². The fraction of sp³-hybridized carbons (Fsp3) is 0.387. The summed E-state index contributed by atoms with van der Waals surface area (Å²) in [4.78, 5) is 31.5. The summed E-state index contributed by atoms with van der Waals surface area (Å²) in [5.74, 6) is -0.836. The molecule has 0 spiro atoms. The standard InChI is InChI=1S/C28H32N6O4.C2H6.CH2O/c1-3-17(13-20(16-35)33(2)27(37)28(38)11-12-28)23-24(36)25(29)34-26(32-23)21(15-31-34)19-9-10-22(30-14-19)18-7-5-4-6-8-18;2*1-2/h4-10,14-15,17,20,35-36,38H,3,11-13,16,29H2,1-2H3;1-2H3;1H2. The number of likely N-dealkylation sites (N-methyl/N-ethyl adjacent to an activating group) is 1. The van der Waals surface area contributed by atoms with Crippen LogP contribution in [0.5, 0.6) is 5.75 Å². The maximum absolute atomic E-state index is 12.7. The van der Waals surface area contributed by atoms with Gasteiger partial charge in [0.05, 0.1) is 30.2 Å². The van der Waals surface area contributed by atoms with Gasteiger partial charge < -0.3 is 30.7 Å². The van der Waals surface area contributed by atoms with Gasteiger partial charge in [-0.1, -0.05) is 57.2 Å². The van der Waals surface area contributed by atoms with Gasteiger partial charge in [-0.25, -0.2) is 4.98 Å². The number of hydrogen-bond acceptors (Lipinski definition) is 9. The van der Waals surface area contributed by atoms with Crippen molar-refractivity contribution in [2.45, 2.75) is 64.0 Å². The molecule has 0 aliphatic heterocycles. The number of amides is 1. The van der Waals surface area contributed by atoms with E-state index < -0.39 is 17.6 Å². The largest absolute Gasteiger partial charge is 0.503 e. The Balaban J connectivity index is 0.00000116. The second kappa shape index (κ2) is 14.0. The number of aliphatic hydroxyl groups is 2. The van der Waals surface area contributed by atoms with Gasteiger partial charge in [0.25, 0.3) is 5.91 Å². The van der Waals surface area contributed by atoms with E-state index >= 15 is 0 Å². The minimum atomic E-state index is -1.33. The Bertz CT molecular complexity index is 1470. The number of aromatic hydroxyl groups is 1. The first-order valence-electron chi connectivity index (χ1n) is 14.0. The Morgan fingerprint density at radius 3 is 2.33 bits per heavy atom. The number of pyridine rings is 1. The molecule has 1 fully saturated rings. The van der Waals surface area contributed by atoms with Gasteiger partial charge in [-0.15, -0.1) is 0 Å². The van der Waals surface area contributed by atoms with Crippen LogP contribution in [0.25, 0.3) is 28.0 Å². The van der Waals surface area contributed by atoms with E-state index in [0.29, 0.717) is 42.6 Å². The lowest BCUT2D eigenvalue weighted by Crippen LogP contribution is -2.46. The van der Waals surface area contributed by atoms with Crippen molar-refractivity contribution >= 4 is 24.2 Å². The van der Waals surface area contributed by atoms with Crippen molar-refractivity contribution in [3.8, 4) is 28.1 Å². The zero-order valence-electron chi connectivity index (χ0n) is 24.6. The van der Waals surface area contributed by atoms with Gasteiger partial charge in [-0.05, 0) is 31.7 Å². The number of benzene rings is 1. The quantitative estimate of drug-likeness (QED) is 0.232. The molecule has 42 heavy (non-hydrogen) atoms. The van der Waals surface area contributed by atoms with Crippen LogP contribution in [0, 0.1) is 0 Å². The van der Waals surface area contributed by atoms with E-state index in [0.717, 1.165) is 16.8 Å². The van der Waals surface area contributed by atoms with Gasteiger partial charge in [0, 0.05) is 35.9 Å². The van der Waals surface area contributed by atoms with Crippen molar-refractivity contribution in [3.63, 3.8) is 0 Å². The maximum atomic E-state index is 12.7. The van der Waals surface area contributed by atoms with Crippen LogP contribution in [0.1, 0.15) is 58.1 Å². The van der Waals surface area contributed by atoms with Crippen molar-refractivity contribution in [1.29, 1.82) is 0 Å². The SMILES string of the molecule is C=O.CC.CCC(CC(CO)N(C)C(=O)C1(O)CC1)c1nc2c(-c3ccc(-c4ccccc4)nc3)cnn2c(N)c1O. The van der Waals surface area contributed by atoms with Crippen LogP contribution < -0.4 is 5.73 Å². The second-order valence-corrected chi connectivity index (χ2v) is 9.95. The molecule has 0 saturated heterocycles. The average molecular weight is 577 g/mol. The van der Waals surface area contributed by atoms with Crippen LogP contribution in [-0.4, -0.2) is 77.8 Å². The third kappa shape index (κ3) is 6.42. The highest BCUT2D eigenvalue weighted by Gasteiger charge is 2.50. The third-order valence-corrected chi connectivity index (χ3v) is 7.46. The summed E-state index contributed by atoms with van der Waals surface area (Å²) in [6.45, 7) is 7.66. The summed E-state index contributed by atoms with van der Waals surface area (Å²) in [7, 11) is 1.58. The van der Waals surface area contributed by atoms with Gasteiger partial charge in [-0.3, -0.25) is 9.78 Å². The summed E-state index contributed by atoms with van der Waals surface area (Å²) in [5, 5.41) is 35.7. The molecular weight excluding hydrogens is 536 g/mol. The second-order valence-electron chi connectivity index (χ2n) is 9.95. The normalized spacial score (nSPS) is 14.5. The average Bonchev–Trinajstić information content (AvgIpc) is 3.66. The highest BCUT2D eigenvalue weighted by atomic mass is 16.3. The van der Waals surface area contributed by atoms with Gasteiger partial charge in [0.15, 0.2) is 17.2 Å². The highest BCUT2D eigenvalue weighted by molar-refractivity contribution is 5.88. The number of hydrogen-bond donors (Lipinski definition) is 4. The molecule has 4 aromatic rings. The van der Waals surface area contributed by atoms with Crippen LogP contribution in [0.15, 0.2) is 54.9 Å². The number of rotatable bonds is 9. The lowest BCUT2D eigenvalue weighted by atomic mass is 9.92. The summed E-state index contributed by atoms with van der Waals surface area (Å²) in [5.41, 5.74) is 9.16. The lowest BCUT2D eigenvalue weighted by molar-refractivity contribution is -0.144. The number of aromatic nitrogens is 4. The summed E-state index contributed by atoms with van der Waals surface area (Å²) in [6.07, 6.45) is 5.15. The van der Waals surface area contributed by atoms with Crippen LogP contribution in [-0.2, 0) is 9.59 Å². The fourth-order valence-electron chi connectivity index (χ4n) is 4.83. The molecule has 3 aromatic heterocycles. The van der Waals surface area contributed by atoms with Gasteiger partial charge >= 0.3 is 0 Å². The molecule has 0 bridgehead atoms. The maximum Gasteiger partial charge on any atom is 0.254 e. The summed E-state index contributed by atoms with van der Waals surface area (Å²) in [6, 6.07) is 13.2. The first kappa shape index (κ1) is 32.2. The van der Waals surface area contributed by atoms with E-state index in [4.69, 9.17) is 15.5 Å². The molecule has 0 radical (unpaired) electrons. The molecule has 5 rings (SSSR count). The van der Waals surface area contributed by atoms with Gasteiger partial charge in [0.2, 0.25) is 0 Å². The molecule has 2 atom stereocenters. The number of anilines is 1. The number of fused-ring (bicyclic) bond motifs is 1. The molecule has 11 heteroatoms. The van der Waals surface area contributed by atoms with E-state index in [9.17, 15) is 20.1 Å². The van der Waals surface area contributed by atoms with Crippen molar-refractivity contribution < 1.29 is 24.9 Å². The van der Waals surface area contributed by atoms with Crippen molar-refractivity contribution in [2.75, 3.05) is 19.4 Å². The Kier molecular flexibility index (Phi) is 10.7. The zero-order valence-corrected chi connectivity index (χ0v) is 24.6. The van der Waals surface area contributed by atoms with E-state index in [1.807, 2.05) is 70.0 Å². The van der Waals surface area contributed by atoms with Crippen LogP contribution in [0.4, 0.5) is 5.82 Å². The fourth-order valence-corrected chi connectivity index (χ4v) is 4.83. The van der Waals surface area contributed by atoms with Crippen LogP contribution in [0.3, 0.4) is 0 Å². The number of carbonyl (C=O) groups excluding carboxylic acids is 2. The molecule has 2 unspecified atom stereocenters. The summed E-state index contributed by atoms with van der Waals surface area (Å²) < 4.78 is 1.40. The lowest BCUT2D eigenvalue weighted by Gasteiger charge is -2.31. The van der Waals surface area contributed by atoms with Crippen molar-refractivity contribution in [1.82, 2.24) is 24.5 Å². The number of nitrogen functional groups attached to an aromatic ring is 1. The van der Waals surface area contributed by atoms with Crippen molar-refractivity contribution in [3.05, 3.63) is 60.6 Å². The zero-order chi connectivity index (χ0) is 31.0. The van der Waals surface area contributed by atoms with E-state index in [1.54, 1.807) is 19.4 Å². The molecule has 1 saturated carbocycles. The molecule has 1 amide bonds.